The van der Waals surface area contributed by atoms with Gasteiger partial charge in [0.05, 0.1) is 31.2 Å². The smallest absolute Gasteiger partial charge is 0.212 e. The largest absolute Gasteiger partial charge is 0.378 e. The van der Waals surface area contributed by atoms with E-state index in [9.17, 15) is 0 Å². The number of nitrogens with zero attached hydrogens (tertiary/aromatic N) is 5. The molecule has 3 aromatic heterocycles. The van der Waals surface area contributed by atoms with E-state index in [1.807, 2.05) is 18.3 Å². The highest BCUT2D eigenvalue weighted by atomic mass is 16.5. The molecule has 41 heavy (non-hydrogen) atoms. The number of fused-ring (bicyclic) bond motifs is 4. The summed E-state index contributed by atoms with van der Waals surface area (Å²) < 4.78 is 5.74. The molecule has 0 radical (unpaired) electrons. The van der Waals surface area contributed by atoms with Crippen LogP contribution in [0, 0.1) is 6.57 Å². The Morgan fingerprint density at radius 3 is 2.41 bits per heavy atom. The number of aromatic amines is 1. The predicted molar refractivity (Wildman–Crippen MR) is 160 cm³/mol. The van der Waals surface area contributed by atoms with Crippen molar-refractivity contribution in [2.75, 3.05) is 13.2 Å². The lowest BCUT2D eigenvalue weighted by molar-refractivity contribution is -0.148. The summed E-state index contributed by atoms with van der Waals surface area (Å²) in [6, 6.07) is 22.8. The van der Waals surface area contributed by atoms with E-state index in [4.69, 9.17) is 16.3 Å². The van der Waals surface area contributed by atoms with Crippen LogP contribution in [0.2, 0.25) is 0 Å². The molecule has 2 aromatic carbocycles. The number of rotatable bonds is 4. The lowest BCUT2D eigenvalue weighted by atomic mass is 9.87. The summed E-state index contributed by atoms with van der Waals surface area (Å²) in [6.07, 6.45) is 9.70. The molecule has 1 aliphatic carbocycles. The Balaban J connectivity index is 1.06. The summed E-state index contributed by atoms with van der Waals surface area (Å²) in [5.74, 6) is 0. The van der Waals surface area contributed by atoms with Crippen molar-refractivity contribution in [1.29, 1.82) is 0 Å². The van der Waals surface area contributed by atoms with Gasteiger partial charge in [-0.25, -0.2) is 9.83 Å². The Labute approximate surface area is 239 Å². The summed E-state index contributed by atoms with van der Waals surface area (Å²) in [7, 11) is 0. The molecule has 7 heteroatoms. The molecule has 5 aromatic rings. The first kappa shape index (κ1) is 24.4. The van der Waals surface area contributed by atoms with Crippen molar-refractivity contribution in [1.82, 2.24) is 25.1 Å². The molecule has 1 N–H and O–H groups in total. The van der Waals surface area contributed by atoms with E-state index in [-0.39, 0.29) is 0 Å². The minimum Gasteiger partial charge on any atom is -0.378 e. The zero-order valence-electron chi connectivity index (χ0n) is 22.8. The number of aromatic nitrogens is 4. The van der Waals surface area contributed by atoms with Gasteiger partial charge in [-0.15, -0.1) is 0 Å². The molecule has 7 nitrogen and oxygen atoms in total. The Morgan fingerprint density at radius 1 is 0.829 bits per heavy atom. The molecule has 2 saturated heterocycles. The highest BCUT2D eigenvalue weighted by Gasteiger charge is 2.45. The lowest BCUT2D eigenvalue weighted by Gasteiger charge is -2.56. The number of nitrogens with one attached hydrogen (secondary N) is 1. The standard InChI is InChI=1S/C34H30N6O/c1-35-31-3-2-14-36-33(31)23-7-5-22(6-8-23)32-30-16-26(18-37-34(30)39-38-32)25-9-4-21-10-12-27(13-11-24(21)15-25)40-28-17-29(40)20-41-19-28/h2-9,14-16,18,27-29H,10-13,17,19-20H2,(H,37,38,39)/t27-,28?,29?/m0/s1. The Morgan fingerprint density at radius 2 is 1.61 bits per heavy atom. The Hall–Kier alpha value is -4.38. The van der Waals surface area contributed by atoms with Gasteiger partial charge >= 0.3 is 0 Å². The van der Waals surface area contributed by atoms with Crippen LogP contribution in [-0.2, 0) is 17.6 Å². The topological polar surface area (TPSA) is 71.3 Å². The first-order valence-electron chi connectivity index (χ1n) is 14.5. The number of hydrogen-bond donors (Lipinski definition) is 1. The number of pyridine rings is 2. The molecule has 0 saturated carbocycles. The molecule has 2 fully saturated rings. The van der Waals surface area contributed by atoms with Gasteiger partial charge in [0.25, 0.3) is 0 Å². The van der Waals surface area contributed by atoms with Crippen LogP contribution in [0.15, 0.2) is 73.1 Å². The molecule has 0 spiro atoms. The van der Waals surface area contributed by atoms with Crippen LogP contribution in [0.5, 0.6) is 0 Å². The summed E-state index contributed by atoms with van der Waals surface area (Å²) in [5, 5.41) is 8.68. The Kier molecular flexibility index (Phi) is 5.91. The average molecular weight is 539 g/mol. The molecule has 2 aliphatic heterocycles. The van der Waals surface area contributed by atoms with Crippen LogP contribution in [0.1, 0.15) is 30.4 Å². The van der Waals surface area contributed by atoms with E-state index >= 15 is 0 Å². The van der Waals surface area contributed by atoms with Crippen molar-refractivity contribution < 1.29 is 4.74 Å². The van der Waals surface area contributed by atoms with Gasteiger partial charge in [0.1, 0.15) is 0 Å². The molecule has 3 aliphatic rings. The predicted octanol–water partition coefficient (Wildman–Crippen LogP) is 6.63. The maximum atomic E-state index is 7.45. The van der Waals surface area contributed by atoms with Crippen LogP contribution in [0.25, 0.3) is 49.5 Å². The van der Waals surface area contributed by atoms with Crippen LogP contribution >= 0.6 is 0 Å². The SMILES string of the molecule is [C-]#[N+]c1cccnc1-c1ccc(-c2[nH]nc3ncc(-c4ccc5c(c4)CC[C@@H](N4C6COCC4C6)CC5)cc23)cc1. The third-order valence-corrected chi connectivity index (χ3v) is 9.23. The fourth-order valence-corrected chi connectivity index (χ4v) is 7.11. The van der Waals surface area contributed by atoms with Crippen molar-refractivity contribution in [2.24, 2.45) is 0 Å². The second kappa shape index (κ2) is 9.91. The molecular weight excluding hydrogens is 508 g/mol. The molecule has 202 valence electrons. The van der Waals surface area contributed by atoms with Crippen LogP contribution in [0.4, 0.5) is 5.69 Å². The zero-order valence-corrected chi connectivity index (χ0v) is 22.8. The van der Waals surface area contributed by atoms with Crippen molar-refractivity contribution in [3.8, 4) is 33.6 Å². The molecule has 8 rings (SSSR count). The number of morpholine rings is 1. The first-order valence-corrected chi connectivity index (χ1v) is 14.5. The lowest BCUT2D eigenvalue weighted by Crippen LogP contribution is -2.66. The maximum absolute atomic E-state index is 7.45. The van der Waals surface area contributed by atoms with Gasteiger partial charge in [-0.05, 0) is 60.4 Å². The molecular formula is C34H30N6O. The van der Waals surface area contributed by atoms with E-state index < -0.39 is 0 Å². The normalized spacial score (nSPS) is 22.0. The minimum absolute atomic E-state index is 0.551. The Bertz CT molecular complexity index is 1790. The van der Waals surface area contributed by atoms with Crippen molar-refractivity contribution in [3.05, 3.63) is 95.6 Å². The van der Waals surface area contributed by atoms with Crippen molar-refractivity contribution in [2.45, 2.75) is 50.2 Å². The van der Waals surface area contributed by atoms with Crippen LogP contribution in [0.3, 0.4) is 0 Å². The fraction of sp³-hybridized carbons (Fsp3) is 0.294. The van der Waals surface area contributed by atoms with Crippen LogP contribution < -0.4 is 0 Å². The second-order valence-corrected chi connectivity index (χ2v) is 11.5. The number of hydrogen-bond acceptors (Lipinski definition) is 5. The van der Waals surface area contributed by atoms with Gasteiger partial charge < -0.3 is 4.74 Å². The number of H-pyrrole nitrogens is 1. The molecule has 3 atom stereocenters. The van der Waals surface area contributed by atoms with Gasteiger partial charge in [0.2, 0.25) is 5.69 Å². The maximum Gasteiger partial charge on any atom is 0.212 e. The van der Waals surface area contributed by atoms with Gasteiger partial charge in [0.15, 0.2) is 5.65 Å². The summed E-state index contributed by atoms with van der Waals surface area (Å²) in [6.45, 7) is 9.27. The molecule has 2 unspecified atom stereocenters. The van der Waals surface area contributed by atoms with Crippen molar-refractivity contribution in [3.63, 3.8) is 0 Å². The second-order valence-electron chi connectivity index (χ2n) is 11.5. The van der Waals surface area contributed by atoms with E-state index in [1.165, 1.54) is 36.0 Å². The van der Waals surface area contributed by atoms with E-state index in [0.717, 1.165) is 53.8 Å². The van der Waals surface area contributed by atoms with E-state index in [1.54, 1.807) is 18.3 Å². The summed E-state index contributed by atoms with van der Waals surface area (Å²) in [5.41, 5.74) is 10.1. The number of benzene rings is 2. The van der Waals surface area contributed by atoms with E-state index in [0.29, 0.717) is 35.2 Å². The van der Waals surface area contributed by atoms with Crippen molar-refractivity contribution >= 4 is 16.7 Å². The van der Waals surface area contributed by atoms with E-state index in [2.05, 4.69) is 61.3 Å². The number of ether oxygens (including phenoxy) is 1. The first-order chi connectivity index (χ1) is 20.2. The van der Waals surface area contributed by atoms with Gasteiger partial charge in [-0.2, -0.15) is 5.10 Å². The quantitative estimate of drug-likeness (QED) is 0.206. The third kappa shape index (κ3) is 4.22. The van der Waals surface area contributed by atoms with Gasteiger partial charge in [-0.3, -0.25) is 15.0 Å². The highest BCUT2D eigenvalue weighted by Crippen LogP contribution is 2.38. The minimum atomic E-state index is 0.551. The molecule has 5 heterocycles. The van der Waals surface area contributed by atoms with Gasteiger partial charge in [-0.1, -0.05) is 54.6 Å². The third-order valence-electron chi connectivity index (χ3n) is 9.23. The zero-order chi connectivity index (χ0) is 27.3. The van der Waals surface area contributed by atoms with Gasteiger partial charge in [0, 0.05) is 47.0 Å². The average Bonchev–Trinajstić information content (AvgIpc) is 3.35. The van der Waals surface area contributed by atoms with Crippen LogP contribution in [-0.4, -0.2) is 56.4 Å². The molecule has 0 amide bonds. The summed E-state index contributed by atoms with van der Waals surface area (Å²) >= 11 is 0. The highest BCUT2D eigenvalue weighted by molar-refractivity contribution is 5.93. The monoisotopic (exact) mass is 538 g/mol. The fourth-order valence-electron chi connectivity index (χ4n) is 7.11. The number of aryl methyl sites for hydroxylation is 2. The molecule has 2 bridgehead atoms. The summed E-state index contributed by atoms with van der Waals surface area (Å²) in [4.78, 5) is 15.5.